The van der Waals surface area contributed by atoms with Gasteiger partial charge in [0.2, 0.25) is 0 Å². The molecule has 0 bridgehead atoms. The molecule has 5 nitrogen and oxygen atoms in total. The number of Topliss-reactive ketones (excluding diaryl/α,β-unsaturated/α-hetero) is 1. The molecule has 0 spiro atoms. The van der Waals surface area contributed by atoms with E-state index in [0.29, 0.717) is 6.42 Å². The Morgan fingerprint density at radius 2 is 1.71 bits per heavy atom. The highest BCUT2D eigenvalue weighted by Crippen LogP contribution is 2.22. The summed E-state index contributed by atoms with van der Waals surface area (Å²) in [5.41, 5.74) is 1.71. The van der Waals surface area contributed by atoms with Gasteiger partial charge in [0.1, 0.15) is 5.78 Å². The highest BCUT2D eigenvalue weighted by Gasteiger charge is 2.33. The minimum Gasteiger partial charge on any atom is -0.298 e. The molecule has 2 N–H and O–H groups in total. The van der Waals surface area contributed by atoms with Crippen LogP contribution >= 0.6 is 0 Å². The van der Waals surface area contributed by atoms with Crippen molar-refractivity contribution < 1.29 is 14.8 Å². The van der Waals surface area contributed by atoms with Gasteiger partial charge in [-0.3, -0.25) is 19.7 Å². The van der Waals surface area contributed by atoms with Crippen molar-refractivity contribution in [1.29, 1.82) is 0 Å². The van der Waals surface area contributed by atoms with Crippen LogP contribution in [0.2, 0.25) is 0 Å². The van der Waals surface area contributed by atoms with Gasteiger partial charge in [0.05, 0.1) is 12.1 Å². The van der Waals surface area contributed by atoms with E-state index in [1.54, 1.807) is 12.4 Å². The summed E-state index contributed by atoms with van der Waals surface area (Å²) < 4.78 is 0. The van der Waals surface area contributed by atoms with Crippen LogP contribution in [0.5, 0.6) is 0 Å². The molecule has 0 aromatic heterocycles. The fourth-order valence-electron chi connectivity index (χ4n) is 3.61. The van der Waals surface area contributed by atoms with Crippen LogP contribution in [0.1, 0.15) is 90.9 Å². The molecular weight excluding hydrogens is 304 g/mol. The van der Waals surface area contributed by atoms with Crippen molar-refractivity contribution in [3.05, 3.63) is 0 Å². The van der Waals surface area contributed by atoms with E-state index in [1.165, 1.54) is 38.5 Å². The Kier molecular flexibility index (Phi) is 10.9. The third-order valence-electron chi connectivity index (χ3n) is 5.18. The number of hydroxylamine groups is 1. The highest BCUT2D eigenvalue weighted by molar-refractivity contribution is 5.86. The van der Waals surface area contributed by atoms with E-state index in [0.717, 1.165) is 38.6 Å². The maximum Gasteiger partial charge on any atom is 0.260 e. The number of likely N-dealkylation sites (tertiary alicyclic amines) is 1. The number of carbonyl (C=O) groups excluding carboxylic acids is 2. The number of hydrogen-bond donors (Lipinski definition) is 2. The van der Waals surface area contributed by atoms with E-state index < -0.39 is 11.9 Å². The Labute approximate surface area is 147 Å². The van der Waals surface area contributed by atoms with Gasteiger partial charge in [-0.15, -0.1) is 0 Å². The molecule has 1 aliphatic heterocycles. The van der Waals surface area contributed by atoms with Gasteiger partial charge in [0, 0.05) is 6.42 Å². The summed E-state index contributed by atoms with van der Waals surface area (Å²) in [6.45, 7) is 4.74. The molecule has 24 heavy (non-hydrogen) atoms. The zero-order valence-corrected chi connectivity index (χ0v) is 15.6. The van der Waals surface area contributed by atoms with Crippen molar-refractivity contribution in [3.63, 3.8) is 0 Å². The van der Waals surface area contributed by atoms with E-state index in [2.05, 4.69) is 6.92 Å². The summed E-state index contributed by atoms with van der Waals surface area (Å²) in [5.74, 6) is -0.167. The number of rotatable bonds is 12. The van der Waals surface area contributed by atoms with Gasteiger partial charge < -0.3 is 0 Å². The molecule has 1 amide bonds. The molecule has 140 valence electrons. The van der Waals surface area contributed by atoms with Crippen molar-refractivity contribution in [2.24, 2.45) is 0 Å². The molecule has 1 aliphatic rings. The molecule has 0 radical (unpaired) electrons. The molecule has 2 unspecified atom stereocenters. The minimum atomic E-state index is -0.456. The van der Waals surface area contributed by atoms with Crippen LogP contribution in [0, 0.1) is 0 Å². The van der Waals surface area contributed by atoms with Crippen molar-refractivity contribution in [2.45, 2.75) is 103 Å². The molecule has 0 saturated carbocycles. The van der Waals surface area contributed by atoms with Crippen molar-refractivity contribution in [3.8, 4) is 0 Å². The maximum atomic E-state index is 12.6. The van der Waals surface area contributed by atoms with Crippen molar-refractivity contribution >= 4 is 11.7 Å². The van der Waals surface area contributed by atoms with Crippen LogP contribution in [0.25, 0.3) is 0 Å². The van der Waals surface area contributed by atoms with Crippen LogP contribution < -0.4 is 5.48 Å². The van der Waals surface area contributed by atoms with E-state index in [9.17, 15) is 9.59 Å². The molecule has 1 saturated heterocycles. The lowest BCUT2D eigenvalue weighted by Crippen LogP contribution is -2.53. The number of unbranched alkanes of at least 4 members (excludes halogenated alkanes) is 7. The molecule has 0 aromatic carbocycles. The standard InChI is InChI=1S/C19H36N2O3/c1-3-4-5-6-7-8-9-10-14-18(22)17-13-11-12-15-21(17)16(2)19(23)20-24/h16-17,24H,3-15H2,1-2H3,(H,20,23). The molecule has 2 atom stereocenters. The first-order chi connectivity index (χ1) is 11.6. The first kappa shape index (κ1) is 21.1. The number of nitrogens with zero attached hydrogens (tertiary/aromatic N) is 1. The second-order valence-electron chi connectivity index (χ2n) is 7.09. The van der Waals surface area contributed by atoms with Crippen LogP contribution in [0.3, 0.4) is 0 Å². The molecular formula is C19H36N2O3. The summed E-state index contributed by atoms with van der Waals surface area (Å²) >= 11 is 0. The van der Waals surface area contributed by atoms with E-state index >= 15 is 0 Å². The number of ketones is 1. The van der Waals surface area contributed by atoms with E-state index in [4.69, 9.17) is 5.21 Å². The third-order valence-corrected chi connectivity index (χ3v) is 5.18. The van der Waals surface area contributed by atoms with Gasteiger partial charge in [-0.2, -0.15) is 0 Å². The number of carbonyl (C=O) groups is 2. The highest BCUT2D eigenvalue weighted by atomic mass is 16.5. The molecule has 1 fully saturated rings. The normalized spacial score (nSPS) is 19.9. The summed E-state index contributed by atoms with van der Waals surface area (Å²) in [6, 6.07) is -0.613. The number of hydrogen-bond acceptors (Lipinski definition) is 4. The summed E-state index contributed by atoms with van der Waals surface area (Å²) in [4.78, 5) is 26.2. The first-order valence-corrected chi connectivity index (χ1v) is 9.84. The summed E-state index contributed by atoms with van der Waals surface area (Å²) in [6.07, 6.45) is 13.3. The van der Waals surface area contributed by atoms with Gasteiger partial charge in [-0.1, -0.05) is 58.3 Å². The Morgan fingerprint density at radius 1 is 1.08 bits per heavy atom. The van der Waals surface area contributed by atoms with E-state index in [1.807, 2.05) is 4.90 Å². The van der Waals surface area contributed by atoms with Crippen molar-refractivity contribution in [1.82, 2.24) is 10.4 Å². The topological polar surface area (TPSA) is 69.6 Å². The molecule has 1 rings (SSSR count). The monoisotopic (exact) mass is 340 g/mol. The first-order valence-electron chi connectivity index (χ1n) is 9.84. The molecule has 1 heterocycles. The van der Waals surface area contributed by atoms with Crippen LogP contribution in [0.4, 0.5) is 0 Å². The van der Waals surface area contributed by atoms with Crippen LogP contribution in [-0.4, -0.2) is 40.4 Å². The number of nitrogens with one attached hydrogen (secondary N) is 1. The fraction of sp³-hybridized carbons (Fsp3) is 0.895. The molecule has 5 heteroatoms. The second-order valence-corrected chi connectivity index (χ2v) is 7.09. The largest absolute Gasteiger partial charge is 0.298 e. The molecule has 0 aromatic rings. The maximum absolute atomic E-state index is 12.6. The average Bonchev–Trinajstić information content (AvgIpc) is 2.62. The smallest absolute Gasteiger partial charge is 0.260 e. The van der Waals surface area contributed by atoms with Crippen LogP contribution in [-0.2, 0) is 9.59 Å². The Morgan fingerprint density at radius 3 is 2.33 bits per heavy atom. The fourth-order valence-corrected chi connectivity index (χ4v) is 3.61. The second kappa shape index (κ2) is 12.4. The number of amides is 1. The Hall–Kier alpha value is -0.940. The third kappa shape index (κ3) is 7.31. The van der Waals surface area contributed by atoms with Gasteiger partial charge in [0.15, 0.2) is 0 Å². The Balaban J connectivity index is 2.29. The minimum absolute atomic E-state index is 0.157. The Bertz CT molecular complexity index is 374. The predicted octanol–water partition coefficient (Wildman–Crippen LogP) is 3.83. The zero-order chi connectivity index (χ0) is 17.8. The lowest BCUT2D eigenvalue weighted by atomic mass is 9.93. The SMILES string of the molecule is CCCCCCCCCCC(=O)C1CCCCN1C(C)C(=O)NO. The van der Waals surface area contributed by atoms with E-state index in [-0.39, 0.29) is 11.8 Å². The summed E-state index contributed by atoms with van der Waals surface area (Å²) in [5, 5.41) is 8.83. The van der Waals surface area contributed by atoms with Crippen molar-refractivity contribution in [2.75, 3.05) is 6.54 Å². The van der Waals surface area contributed by atoms with Crippen LogP contribution in [0.15, 0.2) is 0 Å². The molecule has 0 aliphatic carbocycles. The summed E-state index contributed by atoms with van der Waals surface area (Å²) in [7, 11) is 0. The van der Waals surface area contributed by atoms with Gasteiger partial charge in [-0.05, 0) is 32.7 Å². The quantitative estimate of drug-likeness (QED) is 0.322. The predicted molar refractivity (Wildman–Crippen MR) is 96.0 cm³/mol. The zero-order valence-electron chi connectivity index (χ0n) is 15.6. The average molecular weight is 341 g/mol. The lowest BCUT2D eigenvalue weighted by molar-refractivity contribution is -0.138. The lowest BCUT2D eigenvalue weighted by Gasteiger charge is -2.37. The van der Waals surface area contributed by atoms with Gasteiger partial charge >= 0.3 is 0 Å². The number of piperidine rings is 1. The van der Waals surface area contributed by atoms with Gasteiger partial charge in [-0.25, -0.2) is 5.48 Å². The van der Waals surface area contributed by atoms with Gasteiger partial charge in [0.25, 0.3) is 5.91 Å².